The van der Waals surface area contributed by atoms with Gasteiger partial charge in [0.1, 0.15) is 0 Å². The molecule has 2 amide bonds. The normalized spacial score (nSPS) is 25.4. The summed E-state index contributed by atoms with van der Waals surface area (Å²) in [5.74, 6) is -0.687. The van der Waals surface area contributed by atoms with Crippen molar-refractivity contribution in [3.05, 3.63) is 24.0 Å². The molecule has 130 valence electrons. The second-order valence-electron chi connectivity index (χ2n) is 6.95. The van der Waals surface area contributed by atoms with E-state index in [0.29, 0.717) is 26.1 Å². The molecule has 0 unspecified atom stereocenters. The zero-order valence-corrected chi connectivity index (χ0v) is 14.2. The molecule has 2 fully saturated rings. The topological polar surface area (TPSA) is 85.8 Å². The van der Waals surface area contributed by atoms with Gasteiger partial charge in [-0.05, 0) is 30.9 Å². The Morgan fingerprint density at radius 1 is 1.50 bits per heavy atom. The number of aliphatic carboxylic acids is 1. The van der Waals surface area contributed by atoms with Gasteiger partial charge in [0.25, 0.3) is 0 Å². The van der Waals surface area contributed by atoms with Crippen LogP contribution in [0.25, 0.3) is 0 Å². The van der Waals surface area contributed by atoms with Crippen molar-refractivity contribution in [1.82, 2.24) is 15.2 Å². The number of fused-ring (bicyclic) bond motifs is 1. The SMILES string of the molecule is CN(C)c1cccnc1CNC(=O)N1C[C@@H]2CCC[C@@]2(C(=O)O)C1. The quantitative estimate of drug-likeness (QED) is 0.873. The fraction of sp³-hybridized carbons (Fsp3) is 0.588. The van der Waals surface area contributed by atoms with Crippen molar-refractivity contribution in [2.45, 2.75) is 25.8 Å². The molecule has 1 saturated heterocycles. The molecule has 0 bridgehead atoms. The van der Waals surface area contributed by atoms with Crippen molar-refractivity contribution in [3.8, 4) is 0 Å². The summed E-state index contributed by atoms with van der Waals surface area (Å²) >= 11 is 0. The molecular weight excluding hydrogens is 308 g/mol. The molecule has 0 radical (unpaired) electrons. The van der Waals surface area contributed by atoms with Gasteiger partial charge in [-0.15, -0.1) is 0 Å². The number of likely N-dealkylation sites (tertiary alicyclic amines) is 1. The highest BCUT2D eigenvalue weighted by molar-refractivity contribution is 5.80. The van der Waals surface area contributed by atoms with E-state index in [4.69, 9.17) is 0 Å². The summed E-state index contributed by atoms with van der Waals surface area (Å²) in [6, 6.07) is 3.60. The number of aromatic nitrogens is 1. The van der Waals surface area contributed by atoms with Crippen LogP contribution in [0.2, 0.25) is 0 Å². The number of carbonyl (C=O) groups is 2. The van der Waals surface area contributed by atoms with Crippen LogP contribution in [0.15, 0.2) is 18.3 Å². The summed E-state index contributed by atoms with van der Waals surface area (Å²) < 4.78 is 0. The summed E-state index contributed by atoms with van der Waals surface area (Å²) in [6.07, 6.45) is 4.20. The number of hydrogen-bond acceptors (Lipinski definition) is 4. The summed E-state index contributed by atoms with van der Waals surface area (Å²) in [6.45, 7) is 1.16. The van der Waals surface area contributed by atoms with Crippen LogP contribution in [0, 0.1) is 11.3 Å². The first-order chi connectivity index (χ1) is 11.4. The largest absolute Gasteiger partial charge is 0.481 e. The van der Waals surface area contributed by atoms with Gasteiger partial charge in [0, 0.05) is 33.4 Å². The van der Waals surface area contributed by atoms with Crippen LogP contribution >= 0.6 is 0 Å². The number of hydrogen-bond donors (Lipinski definition) is 2. The first-order valence-electron chi connectivity index (χ1n) is 8.31. The molecule has 2 atom stereocenters. The Morgan fingerprint density at radius 3 is 2.96 bits per heavy atom. The van der Waals surface area contributed by atoms with E-state index in [9.17, 15) is 14.7 Å². The van der Waals surface area contributed by atoms with Crippen molar-refractivity contribution < 1.29 is 14.7 Å². The number of nitrogens with zero attached hydrogens (tertiary/aromatic N) is 3. The van der Waals surface area contributed by atoms with E-state index < -0.39 is 11.4 Å². The Kier molecular flexibility index (Phi) is 4.34. The maximum Gasteiger partial charge on any atom is 0.317 e. The van der Waals surface area contributed by atoms with Gasteiger partial charge in [0.05, 0.1) is 23.3 Å². The number of nitrogens with one attached hydrogen (secondary N) is 1. The number of pyridine rings is 1. The summed E-state index contributed by atoms with van der Waals surface area (Å²) in [7, 11) is 3.86. The third-order valence-electron chi connectivity index (χ3n) is 5.34. The molecular formula is C17H24N4O3. The van der Waals surface area contributed by atoms with Gasteiger partial charge < -0.3 is 20.2 Å². The van der Waals surface area contributed by atoms with Crippen molar-refractivity contribution in [1.29, 1.82) is 0 Å². The van der Waals surface area contributed by atoms with Gasteiger partial charge >= 0.3 is 12.0 Å². The molecule has 7 heteroatoms. The monoisotopic (exact) mass is 332 g/mol. The van der Waals surface area contributed by atoms with Gasteiger partial charge in [-0.25, -0.2) is 4.79 Å². The second-order valence-corrected chi connectivity index (χ2v) is 6.95. The maximum absolute atomic E-state index is 12.5. The Balaban J connectivity index is 1.64. The zero-order chi connectivity index (χ0) is 17.3. The van der Waals surface area contributed by atoms with Gasteiger partial charge in [0.15, 0.2) is 0 Å². The molecule has 7 nitrogen and oxygen atoms in total. The Bertz CT molecular complexity index is 648. The lowest BCUT2D eigenvalue weighted by Gasteiger charge is -2.23. The van der Waals surface area contributed by atoms with Gasteiger partial charge in [-0.3, -0.25) is 9.78 Å². The zero-order valence-electron chi connectivity index (χ0n) is 14.2. The molecule has 0 spiro atoms. The van der Waals surface area contributed by atoms with Crippen LogP contribution in [0.5, 0.6) is 0 Å². The lowest BCUT2D eigenvalue weighted by molar-refractivity contribution is -0.149. The molecule has 0 aromatic carbocycles. The molecule has 1 aliphatic heterocycles. The van der Waals surface area contributed by atoms with Crippen LogP contribution in [-0.4, -0.2) is 54.2 Å². The highest BCUT2D eigenvalue weighted by atomic mass is 16.4. The Labute approximate surface area is 141 Å². The van der Waals surface area contributed by atoms with Crippen molar-refractivity contribution in [2.75, 3.05) is 32.1 Å². The minimum atomic E-state index is -0.764. The fourth-order valence-corrected chi connectivity index (χ4v) is 4.04. The number of rotatable bonds is 4. The van der Waals surface area contributed by atoms with E-state index in [2.05, 4.69) is 10.3 Å². The number of anilines is 1. The first kappa shape index (κ1) is 16.5. The number of amides is 2. The lowest BCUT2D eigenvalue weighted by Crippen LogP contribution is -2.41. The smallest absolute Gasteiger partial charge is 0.317 e. The Hall–Kier alpha value is -2.31. The molecule has 2 heterocycles. The average molecular weight is 332 g/mol. The third kappa shape index (κ3) is 2.79. The van der Waals surface area contributed by atoms with E-state index in [1.165, 1.54) is 0 Å². The fourth-order valence-electron chi connectivity index (χ4n) is 4.04. The van der Waals surface area contributed by atoms with Crippen LogP contribution in [0.4, 0.5) is 10.5 Å². The highest BCUT2D eigenvalue weighted by Gasteiger charge is 2.55. The Morgan fingerprint density at radius 2 is 2.29 bits per heavy atom. The van der Waals surface area contributed by atoms with Crippen LogP contribution in [0.1, 0.15) is 25.0 Å². The van der Waals surface area contributed by atoms with Crippen molar-refractivity contribution >= 4 is 17.7 Å². The van der Waals surface area contributed by atoms with E-state index in [0.717, 1.165) is 24.2 Å². The van der Waals surface area contributed by atoms with Gasteiger partial charge in [-0.2, -0.15) is 0 Å². The number of carboxylic acid groups (broad SMARTS) is 1. The first-order valence-corrected chi connectivity index (χ1v) is 8.31. The summed E-state index contributed by atoms with van der Waals surface area (Å²) in [5.41, 5.74) is 1.01. The standard InChI is InChI=1S/C17H24N4O3/c1-20(2)14-6-4-8-18-13(14)9-19-16(24)21-10-12-5-3-7-17(12,11-21)15(22)23/h4,6,8,12H,3,5,7,9-11H2,1-2H3,(H,19,24)(H,22,23)/t12-,17+/m0/s1. The number of carboxylic acids is 1. The molecule has 2 N–H and O–H groups in total. The molecule has 1 aromatic rings. The summed E-state index contributed by atoms with van der Waals surface area (Å²) in [4.78, 5) is 32.1. The maximum atomic E-state index is 12.5. The van der Waals surface area contributed by atoms with Crippen molar-refractivity contribution in [2.24, 2.45) is 11.3 Å². The van der Waals surface area contributed by atoms with E-state index in [1.807, 2.05) is 31.1 Å². The average Bonchev–Trinajstić information content (AvgIpc) is 3.11. The van der Waals surface area contributed by atoms with Crippen molar-refractivity contribution in [3.63, 3.8) is 0 Å². The lowest BCUT2D eigenvalue weighted by atomic mass is 9.81. The molecule has 3 rings (SSSR count). The predicted octanol–water partition coefficient (Wildman–Crippen LogP) is 1.54. The highest BCUT2D eigenvalue weighted by Crippen LogP contribution is 2.48. The van der Waals surface area contributed by atoms with Crippen LogP contribution in [0.3, 0.4) is 0 Å². The van der Waals surface area contributed by atoms with Crippen LogP contribution in [-0.2, 0) is 11.3 Å². The number of carbonyl (C=O) groups excluding carboxylic acids is 1. The molecule has 1 saturated carbocycles. The summed E-state index contributed by atoms with van der Waals surface area (Å²) in [5, 5.41) is 12.5. The van der Waals surface area contributed by atoms with E-state index in [-0.39, 0.29) is 11.9 Å². The van der Waals surface area contributed by atoms with Gasteiger partial charge in [-0.1, -0.05) is 6.42 Å². The molecule has 2 aliphatic rings. The van der Waals surface area contributed by atoms with E-state index >= 15 is 0 Å². The molecule has 1 aromatic heterocycles. The molecule has 1 aliphatic carbocycles. The second kappa shape index (κ2) is 6.30. The minimum Gasteiger partial charge on any atom is -0.481 e. The third-order valence-corrected chi connectivity index (χ3v) is 5.34. The minimum absolute atomic E-state index is 0.0768. The van der Waals surface area contributed by atoms with E-state index in [1.54, 1.807) is 11.1 Å². The predicted molar refractivity (Wildman–Crippen MR) is 89.8 cm³/mol. The van der Waals surface area contributed by atoms with Crippen LogP contribution < -0.4 is 10.2 Å². The molecule has 24 heavy (non-hydrogen) atoms. The van der Waals surface area contributed by atoms with Gasteiger partial charge in [0.2, 0.25) is 0 Å². The number of urea groups is 1.